The van der Waals surface area contributed by atoms with Crippen LogP contribution in [0.25, 0.3) is 22.2 Å². The van der Waals surface area contributed by atoms with E-state index >= 15 is 0 Å². The molecule has 2 aromatic heterocycles. The fourth-order valence-corrected chi connectivity index (χ4v) is 2.26. The number of carbonyl (C=O) groups is 1. The Morgan fingerprint density at radius 2 is 2.21 bits per heavy atom. The third-order valence-electron chi connectivity index (χ3n) is 3.14. The van der Waals surface area contributed by atoms with Crippen LogP contribution >= 0.6 is 0 Å². The van der Waals surface area contributed by atoms with E-state index in [0.717, 1.165) is 27.9 Å². The van der Waals surface area contributed by atoms with E-state index in [0.29, 0.717) is 0 Å². The smallest absolute Gasteiger partial charge is 0.356 e. The fraction of sp³-hybridized carbons (Fsp3) is 0.154. The molecule has 1 aromatic carbocycles. The molecule has 0 spiro atoms. The molecule has 0 fully saturated rings. The normalized spacial score (nSPS) is 11.1. The van der Waals surface area contributed by atoms with Gasteiger partial charge in [-0.3, -0.25) is 9.78 Å². The van der Waals surface area contributed by atoms with Crippen LogP contribution in [0.3, 0.4) is 0 Å². The van der Waals surface area contributed by atoms with Crippen molar-refractivity contribution >= 4 is 16.9 Å². The summed E-state index contributed by atoms with van der Waals surface area (Å²) in [6, 6.07) is 7.32. The van der Waals surface area contributed by atoms with Gasteiger partial charge in [0.05, 0.1) is 11.2 Å². The maximum absolute atomic E-state index is 11.0. The lowest BCUT2D eigenvalue weighted by molar-refractivity contribution is 0.0689. The highest BCUT2D eigenvalue weighted by atomic mass is 16.4. The number of aromatic amines is 1. The second kappa shape index (κ2) is 3.94. The van der Waals surface area contributed by atoms with Crippen molar-refractivity contribution in [2.75, 3.05) is 0 Å². The number of aromatic nitrogens is 4. The number of aromatic carboxylic acids is 1. The van der Waals surface area contributed by atoms with Gasteiger partial charge in [0.15, 0.2) is 5.69 Å². The van der Waals surface area contributed by atoms with Crippen molar-refractivity contribution < 1.29 is 9.90 Å². The minimum Gasteiger partial charge on any atom is -0.476 e. The number of rotatable bonds is 2. The Bertz CT molecular complexity index is 785. The highest BCUT2D eigenvalue weighted by Crippen LogP contribution is 2.29. The molecule has 96 valence electrons. The first-order valence-electron chi connectivity index (χ1n) is 5.79. The molecular formula is C13H12N4O2. The maximum Gasteiger partial charge on any atom is 0.356 e. The molecule has 0 aliphatic heterocycles. The highest BCUT2D eigenvalue weighted by Gasteiger charge is 2.16. The minimum atomic E-state index is -1.03. The van der Waals surface area contributed by atoms with Crippen LogP contribution in [0.1, 0.15) is 16.2 Å². The topological polar surface area (TPSA) is 83.8 Å². The molecule has 0 amide bonds. The Labute approximate surface area is 108 Å². The van der Waals surface area contributed by atoms with Crippen molar-refractivity contribution in [3.8, 4) is 11.3 Å². The Hall–Kier alpha value is -2.63. The molecule has 0 atom stereocenters. The molecule has 0 radical (unpaired) electrons. The van der Waals surface area contributed by atoms with Crippen molar-refractivity contribution in [2.24, 2.45) is 7.05 Å². The number of benzene rings is 1. The van der Waals surface area contributed by atoms with Crippen LogP contribution in [0.2, 0.25) is 0 Å². The largest absolute Gasteiger partial charge is 0.476 e. The first kappa shape index (κ1) is 11.5. The average molecular weight is 256 g/mol. The number of H-pyrrole nitrogens is 1. The van der Waals surface area contributed by atoms with Gasteiger partial charge in [-0.1, -0.05) is 12.1 Å². The summed E-state index contributed by atoms with van der Waals surface area (Å²) >= 11 is 0. The zero-order chi connectivity index (χ0) is 13.6. The van der Waals surface area contributed by atoms with Crippen LogP contribution in [0.4, 0.5) is 0 Å². The number of carboxylic acids is 1. The molecule has 3 rings (SSSR count). The third kappa shape index (κ3) is 1.69. The van der Waals surface area contributed by atoms with Crippen molar-refractivity contribution in [3.63, 3.8) is 0 Å². The molecule has 6 nitrogen and oxygen atoms in total. The van der Waals surface area contributed by atoms with E-state index in [1.807, 2.05) is 25.1 Å². The van der Waals surface area contributed by atoms with Gasteiger partial charge in [-0.25, -0.2) is 4.79 Å². The summed E-state index contributed by atoms with van der Waals surface area (Å²) in [6.45, 7) is 1.94. The second-order valence-electron chi connectivity index (χ2n) is 4.39. The Balaban J connectivity index is 2.30. The van der Waals surface area contributed by atoms with Gasteiger partial charge in [0, 0.05) is 23.7 Å². The van der Waals surface area contributed by atoms with E-state index in [1.165, 1.54) is 0 Å². The average Bonchev–Trinajstić information content (AvgIpc) is 2.94. The Morgan fingerprint density at radius 1 is 1.42 bits per heavy atom. The van der Waals surface area contributed by atoms with Gasteiger partial charge in [0.25, 0.3) is 0 Å². The monoisotopic (exact) mass is 256 g/mol. The SMILES string of the molecule is Cc1[nH]nc2cccc(-c3cc(C(=O)O)nn3C)c12. The second-order valence-corrected chi connectivity index (χ2v) is 4.39. The molecule has 6 heteroatoms. The number of nitrogens with zero attached hydrogens (tertiary/aromatic N) is 3. The Kier molecular flexibility index (Phi) is 2.38. The van der Waals surface area contributed by atoms with Crippen LogP contribution in [-0.4, -0.2) is 31.1 Å². The van der Waals surface area contributed by atoms with Gasteiger partial charge in [0.1, 0.15) is 0 Å². The third-order valence-corrected chi connectivity index (χ3v) is 3.14. The minimum absolute atomic E-state index is 0.0376. The van der Waals surface area contributed by atoms with E-state index in [4.69, 9.17) is 5.11 Å². The quantitative estimate of drug-likeness (QED) is 0.734. The van der Waals surface area contributed by atoms with Crippen LogP contribution in [0.5, 0.6) is 0 Å². The van der Waals surface area contributed by atoms with Gasteiger partial charge in [-0.05, 0) is 19.1 Å². The van der Waals surface area contributed by atoms with Gasteiger partial charge in [-0.15, -0.1) is 0 Å². The van der Waals surface area contributed by atoms with Crippen LogP contribution in [0.15, 0.2) is 24.3 Å². The highest BCUT2D eigenvalue weighted by molar-refractivity contribution is 5.97. The molecule has 0 bridgehead atoms. The van der Waals surface area contributed by atoms with Gasteiger partial charge < -0.3 is 5.11 Å². The number of hydrogen-bond acceptors (Lipinski definition) is 3. The molecule has 2 N–H and O–H groups in total. The fourth-order valence-electron chi connectivity index (χ4n) is 2.26. The van der Waals surface area contributed by atoms with E-state index in [1.54, 1.807) is 17.8 Å². The summed E-state index contributed by atoms with van der Waals surface area (Å²) in [7, 11) is 1.73. The summed E-state index contributed by atoms with van der Waals surface area (Å²) < 4.78 is 1.57. The maximum atomic E-state index is 11.0. The summed E-state index contributed by atoms with van der Waals surface area (Å²) in [5.74, 6) is -1.03. The number of hydrogen-bond donors (Lipinski definition) is 2. The number of fused-ring (bicyclic) bond motifs is 1. The number of aryl methyl sites for hydroxylation is 2. The first-order chi connectivity index (χ1) is 9.08. The van der Waals surface area contributed by atoms with Gasteiger partial charge >= 0.3 is 5.97 Å². The zero-order valence-corrected chi connectivity index (χ0v) is 10.5. The predicted octanol–water partition coefficient (Wildman–Crippen LogP) is 1.97. The van der Waals surface area contributed by atoms with E-state index in [2.05, 4.69) is 15.3 Å². The standard InChI is InChI=1S/C13H12N4O2/c1-7-12-8(4-3-5-9(12)15-14-7)11-6-10(13(18)19)16-17(11)2/h3-6H,1-2H3,(H,14,15)(H,18,19). The molecule has 19 heavy (non-hydrogen) atoms. The molecule has 0 saturated carbocycles. The summed E-state index contributed by atoms with van der Waals surface area (Å²) in [5, 5.41) is 21.1. The van der Waals surface area contributed by atoms with Gasteiger partial charge in [0.2, 0.25) is 0 Å². The van der Waals surface area contributed by atoms with Crippen molar-refractivity contribution in [3.05, 3.63) is 35.7 Å². The molecular weight excluding hydrogens is 244 g/mol. The van der Waals surface area contributed by atoms with Crippen molar-refractivity contribution in [2.45, 2.75) is 6.92 Å². The lowest BCUT2D eigenvalue weighted by Crippen LogP contribution is -1.99. The first-order valence-corrected chi connectivity index (χ1v) is 5.79. The summed E-state index contributed by atoms with van der Waals surface area (Å²) in [5.41, 5.74) is 3.52. The van der Waals surface area contributed by atoms with Crippen LogP contribution < -0.4 is 0 Å². The lowest BCUT2D eigenvalue weighted by Gasteiger charge is -2.03. The molecule has 0 saturated heterocycles. The van der Waals surface area contributed by atoms with Crippen molar-refractivity contribution in [1.82, 2.24) is 20.0 Å². The van der Waals surface area contributed by atoms with E-state index < -0.39 is 5.97 Å². The summed E-state index contributed by atoms with van der Waals surface area (Å²) in [4.78, 5) is 11.0. The molecule has 0 aliphatic carbocycles. The van der Waals surface area contributed by atoms with Crippen LogP contribution in [0, 0.1) is 6.92 Å². The number of carboxylic acid groups (broad SMARTS) is 1. The van der Waals surface area contributed by atoms with Gasteiger partial charge in [-0.2, -0.15) is 10.2 Å². The number of nitrogens with one attached hydrogen (secondary N) is 1. The lowest BCUT2D eigenvalue weighted by atomic mass is 10.0. The zero-order valence-electron chi connectivity index (χ0n) is 10.5. The predicted molar refractivity (Wildman–Crippen MR) is 70.0 cm³/mol. The molecule has 2 heterocycles. The Morgan fingerprint density at radius 3 is 2.89 bits per heavy atom. The summed E-state index contributed by atoms with van der Waals surface area (Å²) in [6.07, 6.45) is 0. The van der Waals surface area contributed by atoms with Crippen LogP contribution in [-0.2, 0) is 7.05 Å². The van der Waals surface area contributed by atoms with E-state index in [9.17, 15) is 4.79 Å². The molecule has 0 aliphatic rings. The molecule has 3 aromatic rings. The van der Waals surface area contributed by atoms with Crippen molar-refractivity contribution in [1.29, 1.82) is 0 Å². The van der Waals surface area contributed by atoms with E-state index in [-0.39, 0.29) is 5.69 Å². The molecule has 0 unspecified atom stereocenters.